The van der Waals surface area contributed by atoms with Crippen LogP contribution < -0.4 is 4.90 Å². The highest BCUT2D eigenvalue weighted by atomic mass is 79.9. The predicted molar refractivity (Wildman–Crippen MR) is 101 cm³/mol. The quantitative estimate of drug-likeness (QED) is 0.678. The van der Waals surface area contributed by atoms with Crippen LogP contribution in [0, 0.1) is 6.92 Å². The molecule has 25 heavy (non-hydrogen) atoms. The first-order valence-corrected chi connectivity index (χ1v) is 9.03. The van der Waals surface area contributed by atoms with Crippen molar-refractivity contribution in [3.63, 3.8) is 0 Å². The lowest BCUT2D eigenvalue weighted by molar-refractivity contribution is -0.147. The van der Waals surface area contributed by atoms with E-state index in [0.717, 1.165) is 21.3 Å². The van der Waals surface area contributed by atoms with Crippen LogP contribution >= 0.6 is 15.9 Å². The fourth-order valence-corrected chi connectivity index (χ4v) is 3.55. The van der Waals surface area contributed by atoms with Gasteiger partial charge in [-0.1, -0.05) is 33.6 Å². The Balaban J connectivity index is 2.03. The van der Waals surface area contributed by atoms with Crippen molar-refractivity contribution < 1.29 is 14.3 Å². The van der Waals surface area contributed by atoms with Crippen molar-refractivity contribution in [2.45, 2.75) is 39.3 Å². The van der Waals surface area contributed by atoms with E-state index in [-0.39, 0.29) is 24.0 Å². The minimum absolute atomic E-state index is 0.0496. The zero-order chi connectivity index (χ0) is 18.1. The minimum Gasteiger partial charge on any atom is -0.458 e. The molecule has 0 saturated carbocycles. The van der Waals surface area contributed by atoms with Gasteiger partial charge in [-0.25, -0.2) is 0 Å². The number of benzene rings is 2. The second-order valence-corrected chi connectivity index (χ2v) is 7.34. The average Bonchev–Trinajstić information content (AvgIpc) is 2.55. The number of nitrogens with zero attached hydrogens (tertiary/aromatic N) is 1. The molecule has 1 unspecified atom stereocenters. The second-order valence-electron chi connectivity index (χ2n) is 6.43. The van der Waals surface area contributed by atoms with Crippen molar-refractivity contribution in [1.82, 2.24) is 0 Å². The van der Waals surface area contributed by atoms with Gasteiger partial charge in [-0.05, 0) is 44.2 Å². The molecular formula is C20H20BrNO3. The molecule has 2 aromatic carbocycles. The molecule has 4 nitrogen and oxygen atoms in total. The van der Waals surface area contributed by atoms with Gasteiger partial charge in [-0.15, -0.1) is 0 Å². The minimum atomic E-state index is -0.323. The van der Waals surface area contributed by atoms with Gasteiger partial charge in [0, 0.05) is 35.0 Å². The number of hydrogen-bond donors (Lipinski definition) is 0. The molecule has 1 aliphatic rings. The standard InChI is InChI=1S/C20H20BrNO3/c1-12-4-9-18-17(10-12)19(25-14(3)23)11-13(2)22(18)20(24)15-5-7-16(21)8-6-15/h4-10,13,19H,11H2,1-3H3/t13?,19-/m1/s1. The van der Waals surface area contributed by atoms with Crippen LogP contribution in [0.15, 0.2) is 46.9 Å². The summed E-state index contributed by atoms with van der Waals surface area (Å²) in [6.45, 7) is 5.39. The van der Waals surface area contributed by atoms with Gasteiger partial charge in [-0.2, -0.15) is 0 Å². The Hall–Kier alpha value is -2.14. The van der Waals surface area contributed by atoms with Crippen molar-refractivity contribution in [3.05, 3.63) is 63.6 Å². The number of ether oxygens (including phenoxy) is 1. The van der Waals surface area contributed by atoms with Crippen molar-refractivity contribution in [2.75, 3.05) is 4.90 Å². The van der Waals surface area contributed by atoms with Gasteiger partial charge in [0.1, 0.15) is 6.10 Å². The monoisotopic (exact) mass is 401 g/mol. The molecular weight excluding hydrogens is 382 g/mol. The number of rotatable bonds is 2. The third-order valence-corrected chi connectivity index (χ3v) is 4.93. The summed E-state index contributed by atoms with van der Waals surface area (Å²) in [5, 5.41) is 0. The molecule has 0 bridgehead atoms. The molecule has 1 aliphatic heterocycles. The molecule has 0 spiro atoms. The maximum absolute atomic E-state index is 13.1. The number of esters is 1. The first-order valence-electron chi connectivity index (χ1n) is 8.23. The number of anilines is 1. The van der Waals surface area contributed by atoms with Crippen LogP contribution in [-0.4, -0.2) is 17.9 Å². The highest BCUT2D eigenvalue weighted by Gasteiger charge is 2.35. The predicted octanol–water partition coefficient (Wildman–Crippen LogP) is 4.80. The topological polar surface area (TPSA) is 46.6 Å². The molecule has 3 rings (SSSR count). The summed E-state index contributed by atoms with van der Waals surface area (Å²) in [5.41, 5.74) is 3.40. The normalized spacial score (nSPS) is 19.3. The number of aryl methyl sites for hydroxylation is 1. The number of carbonyl (C=O) groups is 2. The molecule has 0 N–H and O–H groups in total. The Kier molecular flexibility index (Phi) is 4.95. The zero-order valence-electron chi connectivity index (χ0n) is 14.5. The molecule has 0 aliphatic carbocycles. The van der Waals surface area contributed by atoms with E-state index in [1.807, 2.05) is 56.3 Å². The molecule has 1 heterocycles. The third kappa shape index (κ3) is 3.61. The highest BCUT2D eigenvalue weighted by molar-refractivity contribution is 9.10. The lowest BCUT2D eigenvalue weighted by Crippen LogP contribution is -2.43. The summed E-state index contributed by atoms with van der Waals surface area (Å²) >= 11 is 3.39. The van der Waals surface area contributed by atoms with Crippen molar-refractivity contribution in [3.8, 4) is 0 Å². The van der Waals surface area contributed by atoms with Crippen molar-refractivity contribution >= 4 is 33.5 Å². The van der Waals surface area contributed by atoms with Gasteiger partial charge in [0.15, 0.2) is 0 Å². The van der Waals surface area contributed by atoms with Crippen LogP contribution in [-0.2, 0) is 9.53 Å². The van der Waals surface area contributed by atoms with E-state index < -0.39 is 0 Å². The largest absolute Gasteiger partial charge is 0.458 e. The Morgan fingerprint density at radius 2 is 1.84 bits per heavy atom. The van der Waals surface area contributed by atoms with E-state index in [0.29, 0.717) is 12.0 Å². The molecule has 130 valence electrons. The van der Waals surface area contributed by atoms with Gasteiger partial charge >= 0.3 is 5.97 Å². The number of hydrogen-bond acceptors (Lipinski definition) is 3. The SMILES string of the molecule is CC(=O)O[C@@H]1CC(C)N(C(=O)c2ccc(Br)cc2)c2ccc(C)cc21. The molecule has 0 fully saturated rings. The fraction of sp³-hybridized carbons (Fsp3) is 0.300. The average molecular weight is 402 g/mol. The summed E-state index contributed by atoms with van der Waals surface area (Å²) < 4.78 is 6.44. The summed E-state index contributed by atoms with van der Waals surface area (Å²) in [6, 6.07) is 13.2. The molecule has 0 saturated heterocycles. The molecule has 0 aromatic heterocycles. The second kappa shape index (κ2) is 7.00. The number of fused-ring (bicyclic) bond motifs is 1. The lowest BCUT2D eigenvalue weighted by atomic mass is 9.91. The maximum Gasteiger partial charge on any atom is 0.303 e. The Bertz CT molecular complexity index is 816. The Morgan fingerprint density at radius 3 is 2.48 bits per heavy atom. The molecule has 2 atom stereocenters. The third-order valence-electron chi connectivity index (χ3n) is 4.40. The lowest BCUT2D eigenvalue weighted by Gasteiger charge is -2.39. The van der Waals surface area contributed by atoms with Gasteiger partial charge in [0.05, 0.1) is 5.69 Å². The summed E-state index contributed by atoms with van der Waals surface area (Å²) in [4.78, 5) is 26.4. The molecule has 1 amide bonds. The van der Waals surface area contributed by atoms with Crippen LogP contribution in [0.4, 0.5) is 5.69 Å². The summed E-state index contributed by atoms with van der Waals surface area (Å²) in [6.07, 6.45) is 0.259. The van der Waals surface area contributed by atoms with E-state index in [4.69, 9.17) is 4.74 Å². The maximum atomic E-state index is 13.1. The first kappa shape index (κ1) is 17.7. The Labute approximate surface area is 155 Å². The van der Waals surface area contributed by atoms with Crippen LogP contribution in [0.1, 0.15) is 47.9 Å². The summed E-state index contributed by atoms with van der Waals surface area (Å²) in [5.74, 6) is -0.358. The zero-order valence-corrected chi connectivity index (χ0v) is 16.0. The van der Waals surface area contributed by atoms with Gasteiger partial charge in [0.25, 0.3) is 5.91 Å². The van der Waals surface area contributed by atoms with E-state index >= 15 is 0 Å². The van der Waals surface area contributed by atoms with Crippen LogP contribution in [0.3, 0.4) is 0 Å². The highest BCUT2D eigenvalue weighted by Crippen LogP contribution is 2.40. The van der Waals surface area contributed by atoms with E-state index in [2.05, 4.69) is 15.9 Å². The smallest absolute Gasteiger partial charge is 0.303 e. The number of amides is 1. The van der Waals surface area contributed by atoms with E-state index in [1.165, 1.54) is 6.92 Å². The fourth-order valence-electron chi connectivity index (χ4n) is 3.28. The molecule has 5 heteroatoms. The van der Waals surface area contributed by atoms with Gasteiger partial charge < -0.3 is 9.64 Å². The van der Waals surface area contributed by atoms with Crippen LogP contribution in [0.5, 0.6) is 0 Å². The first-order chi connectivity index (χ1) is 11.9. The van der Waals surface area contributed by atoms with Crippen LogP contribution in [0.25, 0.3) is 0 Å². The van der Waals surface area contributed by atoms with Crippen LogP contribution in [0.2, 0.25) is 0 Å². The van der Waals surface area contributed by atoms with Gasteiger partial charge in [0.2, 0.25) is 0 Å². The van der Waals surface area contributed by atoms with Crippen molar-refractivity contribution in [2.24, 2.45) is 0 Å². The van der Waals surface area contributed by atoms with E-state index in [1.54, 1.807) is 4.90 Å². The number of halogens is 1. The molecule has 2 aromatic rings. The number of carbonyl (C=O) groups excluding carboxylic acids is 2. The van der Waals surface area contributed by atoms with E-state index in [9.17, 15) is 9.59 Å². The van der Waals surface area contributed by atoms with Gasteiger partial charge in [-0.3, -0.25) is 9.59 Å². The van der Waals surface area contributed by atoms with Crippen molar-refractivity contribution in [1.29, 1.82) is 0 Å². The molecule has 0 radical (unpaired) electrons. The summed E-state index contributed by atoms with van der Waals surface area (Å²) in [7, 11) is 0. The Morgan fingerprint density at radius 1 is 1.16 bits per heavy atom.